The molecule has 0 saturated heterocycles. The lowest BCUT2D eigenvalue weighted by Crippen LogP contribution is -2.29. The molecule has 4 heteroatoms. The Balaban J connectivity index is 2.75. The van der Waals surface area contributed by atoms with E-state index in [0.29, 0.717) is 6.54 Å². The van der Waals surface area contributed by atoms with E-state index in [-0.39, 0.29) is 5.82 Å². The van der Waals surface area contributed by atoms with Crippen LogP contribution < -0.4 is 4.90 Å². The van der Waals surface area contributed by atoms with Gasteiger partial charge in [0, 0.05) is 18.8 Å². The molecule has 0 amide bonds. The van der Waals surface area contributed by atoms with E-state index in [0.717, 1.165) is 12.2 Å². The lowest BCUT2D eigenvalue weighted by molar-refractivity contribution is 0.627. The van der Waals surface area contributed by atoms with E-state index >= 15 is 0 Å². The predicted molar refractivity (Wildman–Crippen MR) is 59.5 cm³/mol. The predicted octanol–water partition coefficient (Wildman–Crippen LogP) is 2.78. The molecular formula is C11H12ClFN2. The van der Waals surface area contributed by atoms with Gasteiger partial charge in [-0.05, 0) is 31.2 Å². The SMILES string of the molecule is CCN(CC(Cl)C#N)c1ccc(F)cc1. The maximum absolute atomic E-state index is 12.7. The number of rotatable bonds is 4. The van der Waals surface area contributed by atoms with Crippen molar-refractivity contribution in [2.75, 3.05) is 18.0 Å². The van der Waals surface area contributed by atoms with Crippen molar-refractivity contribution in [2.45, 2.75) is 12.3 Å². The van der Waals surface area contributed by atoms with Crippen molar-refractivity contribution < 1.29 is 4.39 Å². The Kier molecular flexibility index (Phi) is 4.38. The molecule has 0 fully saturated rings. The molecule has 1 unspecified atom stereocenters. The van der Waals surface area contributed by atoms with Gasteiger partial charge in [0.15, 0.2) is 0 Å². The first-order chi connectivity index (χ1) is 7.17. The van der Waals surface area contributed by atoms with Gasteiger partial charge in [0.25, 0.3) is 0 Å². The second-order valence-corrected chi connectivity index (χ2v) is 3.64. The molecule has 1 aromatic carbocycles. The van der Waals surface area contributed by atoms with Crippen LogP contribution in [0.5, 0.6) is 0 Å². The molecule has 0 heterocycles. The molecule has 2 nitrogen and oxygen atoms in total. The summed E-state index contributed by atoms with van der Waals surface area (Å²) in [5, 5.41) is 8.06. The summed E-state index contributed by atoms with van der Waals surface area (Å²) in [6.07, 6.45) is 0. The fourth-order valence-corrected chi connectivity index (χ4v) is 1.47. The number of halogens is 2. The average molecular weight is 227 g/mol. The van der Waals surface area contributed by atoms with Crippen LogP contribution in [-0.4, -0.2) is 18.5 Å². The Bertz CT molecular complexity index is 345. The van der Waals surface area contributed by atoms with Gasteiger partial charge in [0.05, 0.1) is 6.07 Å². The second-order valence-electron chi connectivity index (χ2n) is 3.11. The third kappa shape index (κ3) is 3.41. The Morgan fingerprint density at radius 3 is 2.53 bits per heavy atom. The Hall–Kier alpha value is -1.27. The smallest absolute Gasteiger partial charge is 0.137 e. The van der Waals surface area contributed by atoms with Crippen LogP contribution in [0.1, 0.15) is 6.92 Å². The minimum absolute atomic E-state index is 0.266. The fraction of sp³-hybridized carbons (Fsp3) is 0.364. The van der Waals surface area contributed by atoms with Gasteiger partial charge in [-0.1, -0.05) is 0 Å². The molecule has 0 N–H and O–H groups in total. The quantitative estimate of drug-likeness (QED) is 0.739. The van der Waals surface area contributed by atoms with Gasteiger partial charge in [-0.3, -0.25) is 0 Å². The van der Waals surface area contributed by atoms with Crippen molar-refractivity contribution in [2.24, 2.45) is 0 Å². The maximum atomic E-state index is 12.7. The first-order valence-corrected chi connectivity index (χ1v) is 5.15. The average Bonchev–Trinajstić information content (AvgIpc) is 2.27. The van der Waals surface area contributed by atoms with Gasteiger partial charge < -0.3 is 4.90 Å². The summed E-state index contributed by atoms with van der Waals surface area (Å²) in [5.41, 5.74) is 0.875. The summed E-state index contributed by atoms with van der Waals surface area (Å²) in [5.74, 6) is -0.266. The molecule has 15 heavy (non-hydrogen) atoms. The number of alkyl halides is 1. The molecule has 0 radical (unpaired) electrons. The van der Waals surface area contributed by atoms with E-state index < -0.39 is 5.38 Å². The molecule has 1 atom stereocenters. The first-order valence-electron chi connectivity index (χ1n) is 4.71. The van der Waals surface area contributed by atoms with Gasteiger partial charge in [-0.15, -0.1) is 11.6 Å². The van der Waals surface area contributed by atoms with Crippen molar-refractivity contribution in [3.05, 3.63) is 30.1 Å². The van der Waals surface area contributed by atoms with Crippen molar-refractivity contribution >= 4 is 17.3 Å². The summed E-state index contributed by atoms with van der Waals surface area (Å²) < 4.78 is 12.7. The summed E-state index contributed by atoms with van der Waals surface area (Å²) in [7, 11) is 0. The minimum atomic E-state index is -0.546. The summed E-state index contributed by atoms with van der Waals surface area (Å²) in [6.45, 7) is 3.14. The van der Waals surface area contributed by atoms with Gasteiger partial charge in [0.2, 0.25) is 0 Å². The topological polar surface area (TPSA) is 27.0 Å². The van der Waals surface area contributed by atoms with Crippen molar-refractivity contribution in [1.29, 1.82) is 5.26 Å². The van der Waals surface area contributed by atoms with Crippen LogP contribution in [0, 0.1) is 17.1 Å². The Labute approximate surface area is 93.9 Å². The van der Waals surface area contributed by atoms with Gasteiger partial charge >= 0.3 is 0 Å². The normalized spacial score (nSPS) is 11.9. The molecule has 0 aliphatic heterocycles. The molecule has 1 rings (SSSR count). The Morgan fingerprint density at radius 2 is 2.07 bits per heavy atom. The molecule has 0 spiro atoms. The van der Waals surface area contributed by atoms with Gasteiger partial charge in [-0.25, -0.2) is 4.39 Å². The zero-order valence-electron chi connectivity index (χ0n) is 8.45. The molecule has 0 bridgehead atoms. The number of nitrogens with zero attached hydrogens (tertiary/aromatic N) is 2. The third-order valence-electron chi connectivity index (χ3n) is 2.09. The highest BCUT2D eigenvalue weighted by atomic mass is 35.5. The fourth-order valence-electron chi connectivity index (χ4n) is 1.30. The third-order valence-corrected chi connectivity index (χ3v) is 2.33. The lowest BCUT2D eigenvalue weighted by Gasteiger charge is -2.23. The molecule has 0 aliphatic carbocycles. The molecule has 80 valence electrons. The van der Waals surface area contributed by atoms with Crippen LogP contribution in [0.4, 0.5) is 10.1 Å². The lowest BCUT2D eigenvalue weighted by atomic mass is 10.2. The van der Waals surface area contributed by atoms with Crippen LogP contribution in [0.2, 0.25) is 0 Å². The zero-order chi connectivity index (χ0) is 11.3. The Morgan fingerprint density at radius 1 is 1.47 bits per heavy atom. The van der Waals surface area contributed by atoms with Crippen molar-refractivity contribution in [3.8, 4) is 6.07 Å². The van der Waals surface area contributed by atoms with E-state index in [1.54, 1.807) is 12.1 Å². The number of hydrogen-bond acceptors (Lipinski definition) is 2. The maximum Gasteiger partial charge on any atom is 0.137 e. The molecule has 0 aliphatic rings. The molecular weight excluding hydrogens is 215 g/mol. The zero-order valence-corrected chi connectivity index (χ0v) is 9.21. The summed E-state index contributed by atoms with van der Waals surface area (Å²) >= 11 is 5.74. The summed E-state index contributed by atoms with van der Waals surface area (Å²) in [4.78, 5) is 1.93. The number of benzene rings is 1. The van der Waals surface area contributed by atoms with E-state index in [1.807, 2.05) is 17.9 Å². The van der Waals surface area contributed by atoms with E-state index in [2.05, 4.69) is 0 Å². The first kappa shape index (κ1) is 11.8. The molecule has 0 saturated carbocycles. The number of hydrogen-bond donors (Lipinski definition) is 0. The highest BCUT2D eigenvalue weighted by molar-refractivity contribution is 6.22. The van der Waals surface area contributed by atoms with Crippen molar-refractivity contribution in [1.82, 2.24) is 0 Å². The van der Waals surface area contributed by atoms with E-state index in [4.69, 9.17) is 16.9 Å². The van der Waals surface area contributed by atoms with E-state index in [9.17, 15) is 4.39 Å². The van der Waals surface area contributed by atoms with Crippen molar-refractivity contribution in [3.63, 3.8) is 0 Å². The van der Waals surface area contributed by atoms with Crippen LogP contribution >= 0.6 is 11.6 Å². The standard InChI is InChI=1S/C11H12ClFN2/c1-2-15(8-9(12)7-14)11-5-3-10(13)4-6-11/h3-6,9H,2,8H2,1H3. The molecule has 0 aromatic heterocycles. The van der Waals surface area contributed by atoms with Gasteiger partial charge in [0.1, 0.15) is 11.2 Å². The highest BCUT2D eigenvalue weighted by Crippen LogP contribution is 2.15. The minimum Gasteiger partial charge on any atom is -0.369 e. The summed E-state index contributed by atoms with van der Waals surface area (Å²) in [6, 6.07) is 8.11. The van der Waals surface area contributed by atoms with Crippen LogP contribution in [0.15, 0.2) is 24.3 Å². The monoisotopic (exact) mass is 226 g/mol. The van der Waals surface area contributed by atoms with Crippen LogP contribution in [0.3, 0.4) is 0 Å². The molecule has 1 aromatic rings. The van der Waals surface area contributed by atoms with Crippen LogP contribution in [-0.2, 0) is 0 Å². The second kappa shape index (κ2) is 5.57. The number of nitriles is 1. The highest BCUT2D eigenvalue weighted by Gasteiger charge is 2.10. The number of anilines is 1. The van der Waals surface area contributed by atoms with Crippen LogP contribution in [0.25, 0.3) is 0 Å². The largest absolute Gasteiger partial charge is 0.369 e. The van der Waals surface area contributed by atoms with E-state index in [1.165, 1.54) is 12.1 Å². The van der Waals surface area contributed by atoms with Gasteiger partial charge in [-0.2, -0.15) is 5.26 Å².